The first-order valence-electron chi connectivity index (χ1n) is 25.5. The van der Waals surface area contributed by atoms with Crippen molar-refractivity contribution in [3.8, 4) is 44.5 Å². The molecule has 0 atom stereocenters. The van der Waals surface area contributed by atoms with Gasteiger partial charge in [-0.05, 0) is 195 Å². The van der Waals surface area contributed by atoms with Gasteiger partial charge in [-0.15, -0.1) is 34.8 Å². The minimum absolute atomic E-state index is 0.435. The number of aldehydes is 3. The molecule has 0 aromatic heterocycles. The van der Waals surface area contributed by atoms with Crippen molar-refractivity contribution in [1.82, 2.24) is 0 Å². The Labute approximate surface area is 508 Å². The third-order valence-corrected chi connectivity index (χ3v) is 17.1. The number of halogens is 7. The smallest absolute Gasteiger partial charge is 0.129 e. The van der Waals surface area contributed by atoms with Gasteiger partial charge in [0.2, 0.25) is 0 Å². The van der Waals surface area contributed by atoms with Gasteiger partial charge in [-0.3, -0.25) is 0 Å². The van der Waals surface area contributed by atoms with Crippen LogP contribution < -0.4 is 0 Å². The molecular weight excluding hydrogens is 1280 g/mol. The van der Waals surface area contributed by atoms with E-state index in [-0.39, 0.29) is 0 Å². The number of hydrogen-bond acceptors (Lipinski definition) is 3. The van der Waals surface area contributed by atoms with Crippen LogP contribution in [0.15, 0.2) is 146 Å². The largest absolute Gasteiger partial charge is 0.302 e. The van der Waals surface area contributed by atoms with E-state index in [1.807, 2.05) is 101 Å². The van der Waals surface area contributed by atoms with Crippen LogP contribution in [0.5, 0.6) is 0 Å². The van der Waals surface area contributed by atoms with E-state index in [1.54, 1.807) is 0 Å². The molecule has 0 radical (unpaired) electrons. The normalized spacial score (nSPS) is 12.2. The predicted molar refractivity (Wildman–Crippen MR) is 346 cm³/mol. The van der Waals surface area contributed by atoms with Crippen molar-refractivity contribution in [2.45, 2.75) is 135 Å². The summed E-state index contributed by atoms with van der Waals surface area (Å²) < 4.78 is 0. The van der Waals surface area contributed by atoms with Crippen molar-refractivity contribution in [2.24, 2.45) is 0 Å². The average molecular weight is 1350 g/mol. The number of benzene rings is 7. The zero-order valence-corrected chi connectivity index (χ0v) is 54.9. The quantitative estimate of drug-likeness (QED) is 0.0674. The van der Waals surface area contributed by atoms with Gasteiger partial charge < -0.3 is 14.4 Å². The second-order valence-electron chi connectivity index (χ2n) is 22.8. The number of hydrogen-bond donors (Lipinski definition) is 0. The predicted octanol–water partition coefficient (Wildman–Crippen LogP) is 21.2. The van der Waals surface area contributed by atoms with Crippen molar-refractivity contribution < 1.29 is 14.4 Å². The molecule has 0 fully saturated rings. The minimum Gasteiger partial charge on any atom is -0.302 e. The average Bonchev–Trinajstić information content (AvgIpc) is 3.42. The first-order chi connectivity index (χ1) is 35.9. The Morgan fingerprint density at radius 2 is 0.468 bits per heavy atom. The van der Waals surface area contributed by atoms with E-state index in [9.17, 15) is 14.4 Å². The third kappa shape index (κ3) is 16.9. The van der Waals surface area contributed by atoms with Gasteiger partial charge in [-0.2, -0.15) is 0 Å². The fourth-order valence-corrected chi connectivity index (χ4v) is 10.1. The summed E-state index contributed by atoms with van der Waals surface area (Å²) in [7, 11) is 0. The molecule has 0 saturated heterocycles. The molecule has 7 rings (SSSR count). The lowest BCUT2D eigenvalue weighted by atomic mass is 9.75. The van der Waals surface area contributed by atoms with Gasteiger partial charge >= 0.3 is 0 Å². The van der Waals surface area contributed by atoms with Gasteiger partial charge in [0.1, 0.15) is 18.9 Å². The van der Waals surface area contributed by atoms with E-state index in [0.717, 1.165) is 73.6 Å². The van der Waals surface area contributed by atoms with Crippen LogP contribution in [0.4, 0.5) is 0 Å². The highest BCUT2D eigenvalue weighted by Crippen LogP contribution is 2.44. The van der Waals surface area contributed by atoms with Gasteiger partial charge in [0, 0.05) is 37.6 Å². The van der Waals surface area contributed by atoms with Gasteiger partial charge in [0.05, 0.1) is 14.6 Å². The number of alkyl halides is 7. The molecular formula is C67H71Br4Cl3O3. The molecule has 0 aliphatic heterocycles. The van der Waals surface area contributed by atoms with Crippen molar-refractivity contribution >= 4 is 117 Å². The summed E-state index contributed by atoms with van der Waals surface area (Å²) in [6.45, 7) is 22.8. The van der Waals surface area contributed by atoms with E-state index in [0.29, 0.717) is 0 Å². The molecule has 0 amide bonds. The SMILES string of the molecule is BrCc1ccc(-c2cc(-c3ccc(CBr)cc3)c(-c3ccc(CBr)cc3)cc2-c2ccc(CBr)cc2)cc1.CC(C)(C=O)c1cc(C(C)(C)C=O)cc(C(C)(C)C=O)c1.CC(C)(Cl)c1cc(C(C)(C)Cl)cc(C(C)(C)Cl)c1. The van der Waals surface area contributed by atoms with Crippen LogP contribution in [0, 0.1) is 0 Å². The fourth-order valence-electron chi connectivity index (χ4n) is 8.25. The molecule has 10 heteroatoms. The van der Waals surface area contributed by atoms with Crippen LogP contribution in [0.1, 0.15) is 139 Å². The van der Waals surface area contributed by atoms with Crippen LogP contribution in [-0.2, 0) is 66.6 Å². The van der Waals surface area contributed by atoms with E-state index >= 15 is 0 Å². The molecule has 0 bridgehead atoms. The highest BCUT2D eigenvalue weighted by Gasteiger charge is 2.30. The highest BCUT2D eigenvalue weighted by atomic mass is 79.9. The Bertz CT molecular complexity index is 2720. The van der Waals surface area contributed by atoms with E-state index in [4.69, 9.17) is 34.8 Å². The maximum atomic E-state index is 11.3. The monoisotopic (exact) mass is 1340 g/mol. The number of carbonyl (C=O) groups excluding carboxylic acids is 3. The van der Waals surface area contributed by atoms with Crippen LogP contribution in [0.3, 0.4) is 0 Å². The van der Waals surface area contributed by atoms with Crippen LogP contribution >= 0.6 is 98.5 Å². The van der Waals surface area contributed by atoms with E-state index in [2.05, 4.69) is 191 Å². The van der Waals surface area contributed by atoms with Crippen LogP contribution in [0.25, 0.3) is 44.5 Å². The number of carbonyl (C=O) groups is 3. The zero-order chi connectivity index (χ0) is 57.3. The number of rotatable bonds is 17. The molecule has 0 saturated carbocycles. The Hall–Kier alpha value is -3.66. The summed E-state index contributed by atoms with van der Waals surface area (Å²) in [5, 5.41) is 3.40. The van der Waals surface area contributed by atoms with E-state index < -0.39 is 30.9 Å². The maximum absolute atomic E-state index is 11.3. The molecule has 0 N–H and O–H groups in total. The second-order valence-corrected chi connectivity index (χ2v) is 27.9. The highest BCUT2D eigenvalue weighted by molar-refractivity contribution is 9.09. The Morgan fingerprint density at radius 3 is 0.610 bits per heavy atom. The van der Waals surface area contributed by atoms with Crippen molar-refractivity contribution in [1.29, 1.82) is 0 Å². The van der Waals surface area contributed by atoms with Crippen molar-refractivity contribution in [3.63, 3.8) is 0 Å². The molecule has 77 heavy (non-hydrogen) atoms. The maximum Gasteiger partial charge on any atom is 0.129 e. The lowest BCUT2D eigenvalue weighted by Gasteiger charge is -2.27. The lowest BCUT2D eigenvalue weighted by Crippen LogP contribution is -2.26. The van der Waals surface area contributed by atoms with Crippen LogP contribution in [0.2, 0.25) is 0 Å². The fraction of sp³-hybridized carbons (Fsp3) is 0.328. The molecule has 0 aliphatic rings. The molecule has 406 valence electrons. The summed E-state index contributed by atoms with van der Waals surface area (Å²) in [5.41, 5.74) is 18.5. The van der Waals surface area contributed by atoms with Gasteiger partial charge in [-0.25, -0.2) is 0 Å². The Morgan fingerprint density at radius 1 is 0.299 bits per heavy atom. The van der Waals surface area contributed by atoms with Crippen molar-refractivity contribution in [2.75, 3.05) is 0 Å². The molecule has 0 spiro atoms. The van der Waals surface area contributed by atoms with Gasteiger partial charge in [-0.1, -0.05) is 197 Å². The lowest BCUT2D eigenvalue weighted by molar-refractivity contribution is -0.112. The molecule has 3 nitrogen and oxygen atoms in total. The van der Waals surface area contributed by atoms with Gasteiger partial charge in [0.15, 0.2) is 0 Å². The minimum atomic E-state index is -0.664. The first kappa shape index (κ1) is 64.2. The summed E-state index contributed by atoms with van der Waals surface area (Å²) in [6, 6.07) is 52.2. The molecule has 7 aromatic rings. The summed E-state index contributed by atoms with van der Waals surface area (Å²) >= 11 is 33.6. The van der Waals surface area contributed by atoms with Gasteiger partial charge in [0.25, 0.3) is 0 Å². The molecule has 7 aromatic carbocycles. The third-order valence-electron chi connectivity index (χ3n) is 13.9. The first-order valence-corrected chi connectivity index (χ1v) is 31.1. The Kier molecular flexibility index (Phi) is 22.3. The molecule has 0 unspecified atom stereocenters. The van der Waals surface area contributed by atoms with E-state index in [1.165, 1.54) is 66.8 Å². The second kappa shape index (κ2) is 26.7. The zero-order valence-electron chi connectivity index (χ0n) is 46.3. The summed E-state index contributed by atoms with van der Waals surface area (Å²) in [5.74, 6) is 0. The molecule has 0 aliphatic carbocycles. The van der Waals surface area contributed by atoms with Crippen LogP contribution in [-0.4, -0.2) is 18.9 Å². The Balaban J connectivity index is 0.000000237. The topological polar surface area (TPSA) is 51.2 Å². The molecule has 0 heterocycles. The van der Waals surface area contributed by atoms with Crippen molar-refractivity contribution in [3.05, 3.63) is 201 Å². The summed E-state index contributed by atoms with van der Waals surface area (Å²) in [4.78, 5) is 32.7. The standard InChI is InChI=1S/C34H26Br4.C18H24O3.C15H21Cl3/c35-19-23-1-9-27(10-2-23)31-17-33(29-13-5-25(21-37)6-14-29)34(30-15-7-26(22-38)8-16-30)18-32(31)28-11-3-24(20-36)4-12-28;1-16(2,10-19)13-7-14(17(3,4)11-20)9-15(8-13)18(5,6)12-21;1-13(2,16)10-7-11(14(3,4)17)9-12(8-10)15(5,6)18/h1-18H,19-22H2;7-12H,1-6H3;7-9H,1-6H3. The summed E-state index contributed by atoms with van der Waals surface area (Å²) in [6.07, 6.45) is 2.66.